The second kappa shape index (κ2) is 10.2. The number of rotatable bonds is 6. The normalized spacial score (nSPS) is 12.0. The molecule has 1 aromatic heterocycles. The smallest absolute Gasteiger partial charge is 0.357 e. The Hall–Kier alpha value is -0.580. The predicted octanol–water partition coefficient (Wildman–Crippen LogP) is 3.98. The van der Waals surface area contributed by atoms with Crippen molar-refractivity contribution in [2.75, 3.05) is 20.1 Å². The van der Waals surface area contributed by atoms with E-state index in [1.54, 1.807) is 0 Å². The molecule has 1 N–H and O–H groups in total. The maximum absolute atomic E-state index is 12.5. The molecule has 128 valence electrons. The van der Waals surface area contributed by atoms with E-state index < -0.39 is 11.9 Å². The maximum Gasteiger partial charge on any atom is 0.434 e. The molecule has 0 unspecified atom stereocenters. The van der Waals surface area contributed by atoms with Gasteiger partial charge in [0.15, 0.2) is 11.7 Å². The van der Waals surface area contributed by atoms with Gasteiger partial charge >= 0.3 is 6.18 Å². The van der Waals surface area contributed by atoms with E-state index in [1.165, 1.54) is 0 Å². The zero-order chi connectivity index (χ0) is 15.9. The molecule has 0 bridgehead atoms. The first-order valence-electron chi connectivity index (χ1n) is 6.89. The zero-order valence-electron chi connectivity index (χ0n) is 12.9. The van der Waals surface area contributed by atoms with Gasteiger partial charge in [0.25, 0.3) is 0 Å². The molecular weight excluding hydrogens is 428 g/mol. The van der Waals surface area contributed by atoms with Crippen LogP contribution in [0.25, 0.3) is 0 Å². The standard InChI is InChI=1S/C13H21F3N4S.HI/c1-4-6-7-20(3)12(17-5-2)18-8-11-19-10(9-21-11)13(14,15)16;/h9H,4-8H2,1-3H3,(H,17,18);1H. The maximum atomic E-state index is 12.5. The summed E-state index contributed by atoms with van der Waals surface area (Å²) in [5.41, 5.74) is -0.845. The van der Waals surface area contributed by atoms with Gasteiger partial charge in [-0.2, -0.15) is 13.2 Å². The minimum absolute atomic E-state index is 0. The number of aliphatic imine (C=N–C) groups is 1. The van der Waals surface area contributed by atoms with E-state index in [1.807, 2.05) is 18.9 Å². The summed E-state index contributed by atoms with van der Waals surface area (Å²) >= 11 is 0.982. The first-order valence-corrected chi connectivity index (χ1v) is 7.77. The van der Waals surface area contributed by atoms with Gasteiger partial charge < -0.3 is 10.2 Å². The molecule has 0 aliphatic carbocycles. The van der Waals surface area contributed by atoms with Crippen LogP contribution in [0.2, 0.25) is 0 Å². The number of nitrogens with zero attached hydrogens (tertiary/aromatic N) is 3. The number of halogens is 4. The molecule has 0 atom stereocenters. The van der Waals surface area contributed by atoms with Gasteiger partial charge in [0, 0.05) is 25.5 Å². The highest BCUT2D eigenvalue weighted by molar-refractivity contribution is 14.0. The Bertz CT molecular complexity index is 462. The van der Waals surface area contributed by atoms with Crippen molar-refractivity contribution >= 4 is 41.3 Å². The molecule has 0 aromatic carbocycles. The van der Waals surface area contributed by atoms with Crippen molar-refractivity contribution in [1.29, 1.82) is 0 Å². The fraction of sp³-hybridized carbons (Fsp3) is 0.692. The van der Waals surface area contributed by atoms with Crippen LogP contribution in [0, 0.1) is 0 Å². The van der Waals surface area contributed by atoms with Crippen molar-refractivity contribution in [3.63, 3.8) is 0 Å². The summed E-state index contributed by atoms with van der Waals surface area (Å²) in [7, 11) is 1.92. The van der Waals surface area contributed by atoms with Gasteiger partial charge in [-0.3, -0.25) is 0 Å². The van der Waals surface area contributed by atoms with E-state index in [0.717, 1.165) is 36.1 Å². The summed E-state index contributed by atoms with van der Waals surface area (Å²) in [6, 6.07) is 0. The van der Waals surface area contributed by atoms with Crippen LogP contribution < -0.4 is 5.32 Å². The first-order chi connectivity index (χ1) is 9.88. The van der Waals surface area contributed by atoms with Crippen molar-refractivity contribution in [3.8, 4) is 0 Å². The molecule has 4 nitrogen and oxygen atoms in total. The summed E-state index contributed by atoms with van der Waals surface area (Å²) in [4.78, 5) is 9.90. The van der Waals surface area contributed by atoms with Crippen molar-refractivity contribution in [1.82, 2.24) is 15.2 Å². The number of guanidine groups is 1. The molecule has 9 heteroatoms. The summed E-state index contributed by atoms with van der Waals surface area (Å²) in [6.07, 6.45) is -2.28. The van der Waals surface area contributed by atoms with Gasteiger partial charge in [-0.25, -0.2) is 9.98 Å². The quantitative estimate of drug-likeness (QED) is 0.405. The van der Waals surface area contributed by atoms with Gasteiger partial charge in [0.2, 0.25) is 0 Å². The molecule has 0 saturated carbocycles. The number of alkyl halides is 3. The van der Waals surface area contributed by atoms with Crippen LogP contribution in [0.1, 0.15) is 37.4 Å². The van der Waals surface area contributed by atoms with Crippen molar-refractivity contribution in [2.45, 2.75) is 39.4 Å². The summed E-state index contributed by atoms with van der Waals surface area (Å²) in [5, 5.41) is 4.52. The van der Waals surface area contributed by atoms with E-state index in [2.05, 4.69) is 22.2 Å². The Labute approximate surface area is 150 Å². The molecule has 22 heavy (non-hydrogen) atoms. The summed E-state index contributed by atoms with van der Waals surface area (Å²) in [5.74, 6) is 0.690. The highest BCUT2D eigenvalue weighted by atomic mass is 127. The molecule has 0 aliphatic rings. The van der Waals surface area contributed by atoms with E-state index in [4.69, 9.17) is 0 Å². The van der Waals surface area contributed by atoms with Gasteiger partial charge in [0.1, 0.15) is 5.01 Å². The monoisotopic (exact) mass is 450 g/mol. The molecule has 0 amide bonds. The van der Waals surface area contributed by atoms with Crippen molar-refractivity contribution in [3.05, 3.63) is 16.1 Å². The lowest BCUT2D eigenvalue weighted by Crippen LogP contribution is -2.39. The van der Waals surface area contributed by atoms with E-state index in [9.17, 15) is 13.2 Å². The fourth-order valence-electron chi connectivity index (χ4n) is 1.63. The number of thiazole rings is 1. The number of hydrogen-bond acceptors (Lipinski definition) is 3. The molecule has 1 heterocycles. The Balaban J connectivity index is 0.00000441. The third-order valence-electron chi connectivity index (χ3n) is 2.75. The molecule has 0 radical (unpaired) electrons. The van der Waals surface area contributed by atoms with Crippen LogP contribution in [0.5, 0.6) is 0 Å². The largest absolute Gasteiger partial charge is 0.434 e. The lowest BCUT2D eigenvalue weighted by Gasteiger charge is -2.21. The number of aromatic nitrogens is 1. The average Bonchev–Trinajstić information content (AvgIpc) is 2.89. The minimum atomic E-state index is -4.39. The molecular formula is C13H22F3IN4S. The number of unbranched alkanes of at least 4 members (excludes halogenated alkanes) is 1. The van der Waals surface area contributed by atoms with Gasteiger partial charge in [-0.05, 0) is 13.3 Å². The van der Waals surface area contributed by atoms with E-state index >= 15 is 0 Å². The third kappa shape index (κ3) is 7.12. The SMILES string of the molecule is CCCCN(C)C(=NCc1nc(C(F)(F)F)cs1)NCC.I. The van der Waals surface area contributed by atoms with Crippen molar-refractivity contribution in [2.24, 2.45) is 4.99 Å². The topological polar surface area (TPSA) is 40.5 Å². The Kier molecular flexibility index (Phi) is 9.97. The second-order valence-corrected chi connectivity index (χ2v) is 5.51. The Morgan fingerprint density at radius 3 is 2.59 bits per heavy atom. The van der Waals surface area contributed by atoms with Crippen molar-refractivity contribution < 1.29 is 13.2 Å². The van der Waals surface area contributed by atoms with Crippen LogP contribution in [-0.4, -0.2) is 36.0 Å². The third-order valence-corrected chi connectivity index (χ3v) is 3.58. The van der Waals surface area contributed by atoms with Crippen LogP contribution in [0.4, 0.5) is 13.2 Å². The Morgan fingerprint density at radius 2 is 2.09 bits per heavy atom. The summed E-state index contributed by atoms with van der Waals surface area (Å²) < 4.78 is 37.4. The second-order valence-electron chi connectivity index (χ2n) is 4.57. The first kappa shape index (κ1) is 21.4. The predicted molar refractivity (Wildman–Crippen MR) is 94.9 cm³/mol. The molecule has 1 aromatic rings. The number of nitrogens with one attached hydrogen (secondary N) is 1. The van der Waals surface area contributed by atoms with Crippen LogP contribution in [-0.2, 0) is 12.7 Å². The molecule has 0 spiro atoms. The highest BCUT2D eigenvalue weighted by Crippen LogP contribution is 2.30. The molecule has 1 rings (SSSR count). The van der Waals surface area contributed by atoms with Crippen LogP contribution in [0.3, 0.4) is 0 Å². The molecule has 0 aliphatic heterocycles. The Morgan fingerprint density at radius 1 is 1.41 bits per heavy atom. The average molecular weight is 450 g/mol. The number of hydrogen-bond donors (Lipinski definition) is 1. The van der Waals surface area contributed by atoms with Gasteiger partial charge in [0.05, 0.1) is 6.54 Å². The van der Waals surface area contributed by atoms with Gasteiger partial charge in [-0.15, -0.1) is 35.3 Å². The summed E-state index contributed by atoms with van der Waals surface area (Å²) in [6.45, 7) is 5.77. The zero-order valence-corrected chi connectivity index (χ0v) is 16.1. The lowest BCUT2D eigenvalue weighted by atomic mass is 10.3. The van der Waals surface area contributed by atoms with Gasteiger partial charge in [-0.1, -0.05) is 13.3 Å². The molecule has 0 saturated heterocycles. The van der Waals surface area contributed by atoms with Crippen LogP contribution >= 0.6 is 35.3 Å². The van der Waals surface area contributed by atoms with E-state index in [0.29, 0.717) is 17.5 Å². The lowest BCUT2D eigenvalue weighted by molar-refractivity contribution is -0.140. The highest BCUT2D eigenvalue weighted by Gasteiger charge is 2.33. The van der Waals surface area contributed by atoms with Crippen LogP contribution in [0.15, 0.2) is 10.4 Å². The van der Waals surface area contributed by atoms with E-state index in [-0.39, 0.29) is 30.5 Å². The minimum Gasteiger partial charge on any atom is -0.357 e. The fourth-order valence-corrected chi connectivity index (χ4v) is 2.35. The molecule has 0 fully saturated rings.